The molecule has 0 saturated carbocycles. The van der Waals surface area contributed by atoms with E-state index >= 15 is 0 Å². The Bertz CT molecular complexity index is 831. The number of hydrogen-bond acceptors (Lipinski definition) is 3. The molecule has 0 radical (unpaired) electrons. The van der Waals surface area contributed by atoms with Crippen molar-refractivity contribution < 1.29 is 14.3 Å². The second kappa shape index (κ2) is 10.7. The summed E-state index contributed by atoms with van der Waals surface area (Å²) in [7, 11) is 0. The van der Waals surface area contributed by atoms with Crippen molar-refractivity contribution in [2.75, 3.05) is 13.2 Å². The van der Waals surface area contributed by atoms with Crippen molar-refractivity contribution in [1.29, 1.82) is 0 Å². The van der Waals surface area contributed by atoms with Gasteiger partial charge in [-0.15, -0.1) is 6.42 Å². The third-order valence-corrected chi connectivity index (χ3v) is 4.47. The summed E-state index contributed by atoms with van der Waals surface area (Å²) in [6, 6.07) is 10.9. The van der Waals surface area contributed by atoms with E-state index in [1.54, 1.807) is 12.1 Å². The van der Waals surface area contributed by atoms with E-state index in [0.29, 0.717) is 47.5 Å². The van der Waals surface area contributed by atoms with E-state index in [2.05, 4.69) is 11.2 Å². The van der Waals surface area contributed by atoms with E-state index in [-0.39, 0.29) is 12.5 Å². The van der Waals surface area contributed by atoms with E-state index in [9.17, 15) is 4.79 Å². The molecule has 0 fully saturated rings. The molecule has 4 nitrogen and oxygen atoms in total. The van der Waals surface area contributed by atoms with Crippen LogP contribution in [-0.2, 0) is 17.8 Å². The molecule has 0 saturated heterocycles. The SMILES string of the molecule is C#CCOc1ccc(CCC(=O)NCc2ccc(Cl)c(Cl)c2)cc1OCC. The van der Waals surface area contributed by atoms with Crippen molar-refractivity contribution in [2.45, 2.75) is 26.3 Å². The molecule has 2 aromatic carbocycles. The predicted octanol–water partition coefficient (Wildman–Crippen LogP) is 4.65. The van der Waals surface area contributed by atoms with E-state index in [1.165, 1.54) is 0 Å². The monoisotopic (exact) mass is 405 g/mol. The molecule has 0 heterocycles. The standard InChI is InChI=1S/C21H21Cl2NO3/c1-3-11-27-19-9-6-15(13-20(19)26-4-2)7-10-21(25)24-14-16-5-8-17(22)18(23)12-16/h1,5-6,8-9,12-13H,4,7,10-11,14H2,2H3,(H,24,25). The number of rotatable bonds is 9. The Balaban J connectivity index is 1.89. The Kier molecular flexibility index (Phi) is 8.32. The van der Waals surface area contributed by atoms with Gasteiger partial charge in [-0.25, -0.2) is 0 Å². The number of halogens is 2. The van der Waals surface area contributed by atoms with Crippen LogP contribution in [0.1, 0.15) is 24.5 Å². The fraction of sp³-hybridized carbons (Fsp3) is 0.286. The zero-order valence-electron chi connectivity index (χ0n) is 15.1. The second-order valence-electron chi connectivity index (χ2n) is 5.73. The number of nitrogens with one attached hydrogen (secondary N) is 1. The van der Waals surface area contributed by atoms with Crippen molar-refractivity contribution in [3.8, 4) is 23.8 Å². The maximum atomic E-state index is 12.1. The molecular formula is C21H21Cl2NO3. The first-order valence-electron chi connectivity index (χ1n) is 8.56. The van der Waals surface area contributed by atoms with Gasteiger partial charge in [-0.3, -0.25) is 4.79 Å². The number of ether oxygens (including phenoxy) is 2. The summed E-state index contributed by atoms with van der Waals surface area (Å²) in [4.78, 5) is 12.1. The third-order valence-electron chi connectivity index (χ3n) is 3.73. The summed E-state index contributed by atoms with van der Waals surface area (Å²) in [6.07, 6.45) is 6.17. The third kappa shape index (κ3) is 6.71. The number of benzene rings is 2. The van der Waals surface area contributed by atoms with Crippen molar-refractivity contribution in [3.05, 3.63) is 57.6 Å². The van der Waals surface area contributed by atoms with Crippen LogP contribution in [0.3, 0.4) is 0 Å². The van der Waals surface area contributed by atoms with Crippen molar-refractivity contribution in [2.24, 2.45) is 0 Å². The van der Waals surface area contributed by atoms with E-state index in [1.807, 2.05) is 31.2 Å². The van der Waals surface area contributed by atoms with Crippen LogP contribution in [-0.4, -0.2) is 19.1 Å². The van der Waals surface area contributed by atoms with Crippen molar-refractivity contribution in [3.63, 3.8) is 0 Å². The number of carbonyl (C=O) groups is 1. The summed E-state index contributed by atoms with van der Waals surface area (Å²) < 4.78 is 11.1. The lowest BCUT2D eigenvalue weighted by Crippen LogP contribution is -2.23. The van der Waals surface area contributed by atoms with Gasteiger partial charge in [0.2, 0.25) is 5.91 Å². The molecule has 0 bridgehead atoms. The Hall–Kier alpha value is -2.35. The second-order valence-corrected chi connectivity index (χ2v) is 6.55. The smallest absolute Gasteiger partial charge is 0.220 e. The first kappa shape index (κ1) is 21.0. The molecule has 27 heavy (non-hydrogen) atoms. The molecule has 0 unspecified atom stereocenters. The molecule has 0 aromatic heterocycles. The van der Waals surface area contributed by atoms with E-state index < -0.39 is 0 Å². The Morgan fingerprint density at radius 1 is 1.07 bits per heavy atom. The van der Waals surface area contributed by atoms with Gasteiger partial charge in [0.1, 0.15) is 6.61 Å². The largest absolute Gasteiger partial charge is 0.490 e. The molecule has 0 atom stereocenters. The van der Waals surface area contributed by atoms with Crippen LogP contribution in [0.2, 0.25) is 10.0 Å². The predicted molar refractivity (Wildman–Crippen MR) is 109 cm³/mol. The molecular weight excluding hydrogens is 385 g/mol. The number of hydrogen-bond donors (Lipinski definition) is 1. The fourth-order valence-corrected chi connectivity index (χ4v) is 2.73. The Morgan fingerprint density at radius 2 is 1.85 bits per heavy atom. The Labute approximate surface area is 169 Å². The normalized spacial score (nSPS) is 10.1. The van der Waals surface area contributed by atoms with Crippen molar-refractivity contribution in [1.82, 2.24) is 5.32 Å². The lowest BCUT2D eigenvalue weighted by atomic mass is 10.1. The minimum Gasteiger partial charge on any atom is -0.490 e. The molecule has 2 aromatic rings. The summed E-state index contributed by atoms with van der Waals surface area (Å²) in [5, 5.41) is 3.84. The molecule has 6 heteroatoms. The van der Waals surface area contributed by atoms with Crippen LogP contribution in [0.25, 0.3) is 0 Å². The molecule has 0 aliphatic rings. The minimum absolute atomic E-state index is 0.0494. The molecule has 2 rings (SSSR count). The first-order chi connectivity index (χ1) is 13.0. The lowest BCUT2D eigenvalue weighted by Gasteiger charge is -2.12. The van der Waals surface area contributed by atoms with Crippen LogP contribution < -0.4 is 14.8 Å². The highest BCUT2D eigenvalue weighted by atomic mass is 35.5. The maximum Gasteiger partial charge on any atom is 0.220 e. The summed E-state index contributed by atoms with van der Waals surface area (Å²) >= 11 is 11.9. The topological polar surface area (TPSA) is 47.6 Å². The first-order valence-corrected chi connectivity index (χ1v) is 9.31. The molecule has 0 aliphatic carbocycles. The van der Waals surface area contributed by atoms with Crippen LogP contribution in [0.15, 0.2) is 36.4 Å². The van der Waals surface area contributed by atoms with Crippen LogP contribution >= 0.6 is 23.2 Å². The van der Waals surface area contributed by atoms with Gasteiger partial charge in [0.15, 0.2) is 11.5 Å². The van der Waals surface area contributed by atoms with Gasteiger partial charge in [-0.1, -0.05) is 41.3 Å². The summed E-state index contributed by atoms with van der Waals surface area (Å²) in [6.45, 7) is 2.99. The zero-order valence-corrected chi connectivity index (χ0v) is 16.6. The highest BCUT2D eigenvalue weighted by molar-refractivity contribution is 6.42. The van der Waals surface area contributed by atoms with Gasteiger partial charge >= 0.3 is 0 Å². The van der Waals surface area contributed by atoms with Gasteiger partial charge in [0, 0.05) is 13.0 Å². The maximum absolute atomic E-state index is 12.1. The van der Waals surface area contributed by atoms with Gasteiger partial charge in [0.25, 0.3) is 0 Å². The number of amides is 1. The quantitative estimate of drug-likeness (QED) is 0.617. The highest BCUT2D eigenvalue weighted by Crippen LogP contribution is 2.29. The molecule has 0 aliphatic heterocycles. The van der Waals surface area contributed by atoms with Gasteiger partial charge < -0.3 is 14.8 Å². The summed E-state index contributed by atoms with van der Waals surface area (Å²) in [5.41, 5.74) is 1.88. The average Bonchev–Trinajstić information content (AvgIpc) is 2.66. The molecule has 0 spiro atoms. The van der Waals surface area contributed by atoms with Crippen LogP contribution in [0, 0.1) is 12.3 Å². The van der Waals surface area contributed by atoms with Crippen LogP contribution in [0.5, 0.6) is 11.5 Å². The number of aryl methyl sites for hydroxylation is 1. The number of terminal acetylenes is 1. The van der Waals surface area contributed by atoms with E-state index in [4.69, 9.17) is 39.1 Å². The van der Waals surface area contributed by atoms with Gasteiger partial charge in [-0.05, 0) is 48.7 Å². The fourth-order valence-electron chi connectivity index (χ4n) is 2.41. The minimum atomic E-state index is -0.0494. The number of carbonyl (C=O) groups excluding carboxylic acids is 1. The highest BCUT2D eigenvalue weighted by Gasteiger charge is 2.09. The molecule has 142 valence electrons. The van der Waals surface area contributed by atoms with E-state index in [0.717, 1.165) is 11.1 Å². The zero-order chi connectivity index (χ0) is 19.6. The Morgan fingerprint density at radius 3 is 2.56 bits per heavy atom. The molecule has 1 N–H and O–H groups in total. The van der Waals surface area contributed by atoms with Crippen molar-refractivity contribution >= 4 is 29.1 Å². The molecule has 1 amide bonds. The van der Waals surface area contributed by atoms with Crippen LogP contribution in [0.4, 0.5) is 0 Å². The average molecular weight is 406 g/mol. The summed E-state index contributed by atoms with van der Waals surface area (Å²) in [5.74, 6) is 3.60. The van der Waals surface area contributed by atoms with Gasteiger partial charge in [0.05, 0.1) is 16.7 Å². The van der Waals surface area contributed by atoms with Gasteiger partial charge in [-0.2, -0.15) is 0 Å². The lowest BCUT2D eigenvalue weighted by molar-refractivity contribution is -0.121.